The molecule has 1 N–H and O–H groups in total. The summed E-state index contributed by atoms with van der Waals surface area (Å²) in [4.78, 5) is 3.97. The van der Waals surface area contributed by atoms with Crippen LogP contribution in [0.3, 0.4) is 0 Å². The Morgan fingerprint density at radius 3 is 2.47 bits per heavy atom. The molecular weight excluding hydrogens is 240 g/mol. The number of aromatic nitrogens is 1. The van der Waals surface area contributed by atoms with Crippen molar-refractivity contribution < 1.29 is 9.94 Å². The maximum Gasteiger partial charge on any atom is 0.119 e. The summed E-state index contributed by atoms with van der Waals surface area (Å²) in [5.41, 5.74) is 2.67. The largest absolute Gasteiger partial charge is 0.493 e. The second-order valence-electron chi connectivity index (χ2n) is 4.16. The highest BCUT2D eigenvalue weighted by Crippen LogP contribution is 2.13. The molecule has 0 unspecified atom stereocenters. The van der Waals surface area contributed by atoms with Crippen molar-refractivity contribution >= 4 is 5.71 Å². The minimum atomic E-state index is 0.586. The molecule has 0 saturated carbocycles. The molecule has 1 aromatic carbocycles. The zero-order chi connectivity index (χ0) is 13.5. The molecule has 2 aromatic rings. The monoisotopic (exact) mass is 256 g/mol. The number of hydrogen-bond donors (Lipinski definition) is 1. The van der Waals surface area contributed by atoms with Crippen LogP contribution in [0.5, 0.6) is 5.75 Å². The zero-order valence-electron chi connectivity index (χ0n) is 10.8. The smallest absolute Gasteiger partial charge is 0.119 e. The Morgan fingerprint density at radius 1 is 1.16 bits per heavy atom. The molecule has 4 nitrogen and oxygen atoms in total. The molecule has 0 aliphatic heterocycles. The van der Waals surface area contributed by atoms with Crippen molar-refractivity contribution in [2.24, 2.45) is 5.16 Å². The van der Waals surface area contributed by atoms with E-state index in [0.717, 1.165) is 17.7 Å². The summed E-state index contributed by atoms with van der Waals surface area (Å²) < 4.78 is 5.66. The van der Waals surface area contributed by atoms with Crippen LogP contribution in [-0.2, 0) is 6.42 Å². The normalized spacial score (nSPS) is 11.3. The van der Waals surface area contributed by atoms with Crippen LogP contribution in [-0.4, -0.2) is 22.5 Å². The molecule has 0 amide bonds. The number of ether oxygens (including phenoxy) is 1. The third-order valence-corrected chi connectivity index (χ3v) is 2.83. The van der Waals surface area contributed by atoms with E-state index in [-0.39, 0.29) is 0 Å². The van der Waals surface area contributed by atoms with Crippen molar-refractivity contribution in [2.45, 2.75) is 13.3 Å². The van der Waals surface area contributed by atoms with Crippen LogP contribution in [0.4, 0.5) is 0 Å². The quantitative estimate of drug-likeness (QED) is 0.508. The molecule has 1 heterocycles. The number of nitrogens with zero attached hydrogens (tertiary/aromatic N) is 2. The highest BCUT2D eigenvalue weighted by molar-refractivity contribution is 5.98. The second kappa shape index (κ2) is 6.54. The Bertz CT molecular complexity index is 536. The van der Waals surface area contributed by atoms with Gasteiger partial charge >= 0.3 is 0 Å². The van der Waals surface area contributed by atoms with Gasteiger partial charge in [-0.15, -0.1) is 0 Å². The van der Waals surface area contributed by atoms with Crippen molar-refractivity contribution in [3.05, 3.63) is 59.9 Å². The summed E-state index contributed by atoms with van der Waals surface area (Å²) in [7, 11) is 0. The van der Waals surface area contributed by atoms with Gasteiger partial charge in [0.25, 0.3) is 0 Å². The SMILES string of the molecule is C/C(=N\O)c1ccc(OCCc2ccncc2)cc1. The van der Waals surface area contributed by atoms with Gasteiger partial charge in [0.1, 0.15) is 5.75 Å². The first kappa shape index (κ1) is 13.1. The molecule has 0 atom stereocenters. The lowest BCUT2D eigenvalue weighted by atomic mass is 10.1. The van der Waals surface area contributed by atoms with Crippen LogP contribution >= 0.6 is 0 Å². The standard InChI is InChI=1S/C15H16N2O2/c1-12(17-18)14-2-4-15(5-3-14)19-11-8-13-6-9-16-10-7-13/h2-7,9-10,18H,8,11H2,1H3/b17-12+. The predicted molar refractivity (Wildman–Crippen MR) is 73.9 cm³/mol. The second-order valence-corrected chi connectivity index (χ2v) is 4.16. The molecule has 2 rings (SSSR count). The van der Waals surface area contributed by atoms with E-state index in [1.54, 1.807) is 19.3 Å². The summed E-state index contributed by atoms with van der Waals surface area (Å²) in [6.07, 6.45) is 4.41. The first-order chi connectivity index (χ1) is 9.29. The van der Waals surface area contributed by atoms with Gasteiger partial charge in [-0.2, -0.15) is 0 Å². The number of benzene rings is 1. The average Bonchev–Trinajstić information content (AvgIpc) is 2.48. The topological polar surface area (TPSA) is 54.7 Å². The minimum Gasteiger partial charge on any atom is -0.493 e. The Hall–Kier alpha value is -2.36. The molecule has 98 valence electrons. The van der Waals surface area contributed by atoms with Gasteiger partial charge in [0.2, 0.25) is 0 Å². The van der Waals surface area contributed by atoms with Crippen LogP contribution in [0.1, 0.15) is 18.1 Å². The Balaban J connectivity index is 1.87. The number of oxime groups is 1. The van der Waals surface area contributed by atoms with Crippen molar-refractivity contribution in [2.75, 3.05) is 6.61 Å². The van der Waals surface area contributed by atoms with Gasteiger partial charge in [-0.3, -0.25) is 4.98 Å². The van der Waals surface area contributed by atoms with E-state index >= 15 is 0 Å². The van der Waals surface area contributed by atoms with Crippen LogP contribution in [0.15, 0.2) is 53.9 Å². The molecule has 1 aromatic heterocycles. The molecule has 0 spiro atoms. The summed E-state index contributed by atoms with van der Waals surface area (Å²) >= 11 is 0. The van der Waals surface area contributed by atoms with Gasteiger partial charge in [0, 0.05) is 18.8 Å². The molecule has 0 aliphatic carbocycles. The fourth-order valence-corrected chi connectivity index (χ4v) is 1.69. The van der Waals surface area contributed by atoms with E-state index in [4.69, 9.17) is 9.94 Å². The maximum atomic E-state index is 8.68. The maximum absolute atomic E-state index is 8.68. The third kappa shape index (κ3) is 3.81. The molecule has 0 fully saturated rings. The fraction of sp³-hybridized carbons (Fsp3) is 0.200. The van der Waals surface area contributed by atoms with Crippen molar-refractivity contribution in [3.8, 4) is 5.75 Å². The summed E-state index contributed by atoms with van der Waals surface area (Å²) in [6, 6.07) is 11.4. The summed E-state index contributed by atoms with van der Waals surface area (Å²) in [5.74, 6) is 0.809. The molecule has 0 aliphatic rings. The fourth-order valence-electron chi connectivity index (χ4n) is 1.69. The van der Waals surface area contributed by atoms with Crippen molar-refractivity contribution in [3.63, 3.8) is 0 Å². The van der Waals surface area contributed by atoms with Crippen LogP contribution in [0.2, 0.25) is 0 Å². The predicted octanol–water partition coefficient (Wildman–Crippen LogP) is 2.90. The third-order valence-electron chi connectivity index (χ3n) is 2.83. The molecule has 4 heteroatoms. The Labute approximate surface area is 112 Å². The van der Waals surface area contributed by atoms with Gasteiger partial charge in [-0.25, -0.2) is 0 Å². The van der Waals surface area contributed by atoms with Crippen LogP contribution in [0, 0.1) is 0 Å². The Morgan fingerprint density at radius 2 is 1.84 bits per heavy atom. The van der Waals surface area contributed by atoms with Gasteiger partial charge in [0.05, 0.1) is 12.3 Å². The number of hydrogen-bond acceptors (Lipinski definition) is 4. The molecule has 19 heavy (non-hydrogen) atoms. The van der Waals surface area contributed by atoms with Gasteiger partial charge in [-0.05, 0) is 54.4 Å². The summed E-state index contributed by atoms with van der Waals surface area (Å²) in [6.45, 7) is 2.37. The van der Waals surface area contributed by atoms with Crippen LogP contribution < -0.4 is 4.74 Å². The molecule has 0 bridgehead atoms. The first-order valence-corrected chi connectivity index (χ1v) is 6.10. The lowest BCUT2D eigenvalue weighted by Crippen LogP contribution is -2.02. The van der Waals surface area contributed by atoms with Gasteiger partial charge in [0.15, 0.2) is 0 Å². The van der Waals surface area contributed by atoms with E-state index in [0.29, 0.717) is 12.3 Å². The van der Waals surface area contributed by atoms with E-state index < -0.39 is 0 Å². The molecule has 0 saturated heterocycles. The minimum absolute atomic E-state index is 0.586. The van der Waals surface area contributed by atoms with Crippen LogP contribution in [0.25, 0.3) is 0 Å². The van der Waals surface area contributed by atoms with E-state index in [9.17, 15) is 0 Å². The average molecular weight is 256 g/mol. The van der Waals surface area contributed by atoms with Gasteiger partial charge in [-0.1, -0.05) is 5.16 Å². The number of rotatable bonds is 5. The lowest BCUT2D eigenvalue weighted by molar-refractivity contribution is 0.318. The van der Waals surface area contributed by atoms with E-state index in [2.05, 4.69) is 10.1 Å². The first-order valence-electron chi connectivity index (χ1n) is 6.10. The zero-order valence-corrected chi connectivity index (χ0v) is 10.8. The van der Waals surface area contributed by atoms with Crippen molar-refractivity contribution in [1.29, 1.82) is 0 Å². The highest BCUT2D eigenvalue weighted by atomic mass is 16.5. The van der Waals surface area contributed by atoms with Crippen molar-refractivity contribution in [1.82, 2.24) is 4.98 Å². The summed E-state index contributed by atoms with van der Waals surface area (Å²) in [5, 5.41) is 11.8. The number of pyridine rings is 1. The van der Waals surface area contributed by atoms with Gasteiger partial charge < -0.3 is 9.94 Å². The molecule has 0 radical (unpaired) electrons. The lowest BCUT2D eigenvalue weighted by Gasteiger charge is -2.07. The van der Waals surface area contributed by atoms with E-state index in [1.807, 2.05) is 36.4 Å². The Kier molecular flexibility index (Phi) is 4.50. The highest BCUT2D eigenvalue weighted by Gasteiger charge is 1.99. The molecular formula is C15H16N2O2. The van der Waals surface area contributed by atoms with E-state index in [1.165, 1.54) is 5.56 Å².